The molecule has 14 heavy (non-hydrogen) atoms. The smallest absolute Gasteiger partial charge is 0.372 e. The highest BCUT2D eigenvalue weighted by molar-refractivity contribution is 6.35. The average molecular weight is 194 g/mol. The number of carboxylic acid groups (broad SMARTS) is 1. The Labute approximate surface area is 82.5 Å². The quantitative estimate of drug-likeness (QED) is 0.677. The van der Waals surface area contributed by atoms with E-state index in [4.69, 9.17) is 5.11 Å². The van der Waals surface area contributed by atoms with Crippen LogP contribution < -0.4 is 0 Å². The summed E-state index contributed by atoms with van der Waals surface area (Å²) in [4.78, 5) is 22.4. The monoisotopic (exact) mass is 194 g/mol. The van der Waals surface area contributed by atoms with Gasteiger partial charge in [0, 0.05) is 5.41 Å². The van der Waals surface area contributed by atoms with E-state index in [0.29, 0.717) is 17.8 Å². The lowest BCUT2D eigenvalue weighted by atomic mass is 9.67. The third-order valence-corrected chi connectivity index (χ3v) is 4.60. The fourth-order valence-electron chi connectivity index (χ4n) is 4.32. The summed E-state index contributed by atoms with van der Waals surface area (Å²) in [5.41, 5.74) is -0.442. The molecule has 0 heterocycles. The van der Waals surface area contributed by atoms with E-state index in [9.17, 15) is 9.59 Å². The fraction of sp³-hybridized carbons (Fsp3) is 0.818. The topological polar surface area (TPSA) is 54.4 Å². The predicted molar refractivity (Wildman–Crippen MR) is 48.6 cm³/mol. The summed E-state index contributed by atoms with van der Waals surface area (Å²) >= 11 is 0. The molecular formula is C11H14O3. The molecule has 0 radical (unpaired) electrons. The lowest BCUT2D eigenvalue weighted by Gasteiger charge is -2.35. The van der Waals surface area contributed by atoms with Crippen molar-refractivity contribution in [3.05, 3.63) is 0 Å². The first-order valence-corrected chi connectivity index (χ1v) is 5.38. The third kappa shape index (κ3) is 0.877. The summed E-state index contributed by atoms with van der Waals surface area (Å²) < 4.78 is 0. The summed E-state index contributed by atoms with van der Waals surface area (Å²) in [7, 11) is 0. The Morgan fingerprint density at radius 2 is 1.64 bits per heavy atom. The maximum atomic E-state index is 11.6. The Morgan fingerprint density at radius 1 is 1.07 bits per heavy atom. The summed E-state index contributed by atoms with van der Waals surface area (Å²) in [5, 5.41) is 8.80. The normalized spacial score (nSPS) is 48.4. The van der Waals surface area contributed by atoms with Gasteiger partial charge in [-0.25, -0.2) is 4.79 Å². The molecule has 0 amide bonds. The minimum atomic E-state index is -1.22. The van der Waals surface area contributed by atoms with Crippen molar-refractivity contribution in [3.63, 3.8) is 0 Å². The number of ketones is 1. The lowest BCUT2D eigenvalue weighted by molar-refractivity contribution is -0.155. The van der Waals surface area contributed by atoms with Gasteiger partial charge in [0.05, 0.1) is 0 Å². The van der Waals surface area contributed by atoms with Crippen LogP contribution in [0.2, 0.25) is 0 Å². The van der Waals surface area contributed by atoms with Gasteiger partial charge in [-0.3, -0.25) is 4.79 Å². The van der Waals surface area contributed by atoms with Gasteiger partial charge in [-0.2, -0.15) is 0 Å². The van der Waals surface area contributed by atoms with E-state index in [1.807, 2.05) is 0 Å². The zero-order chi connectivity index (χ0) is 9.92. The lowest BCUT2D eigenvalue weighted by Crippen LogP contribution is -2.39. The molecule has 0 aliphatic heterocycles. The third-order valence-electron chi connectivity index (χ3n) is 4.60. The van der Waals surface area contributed by atoms with Crippen LogP contribution in [0.5, 0.6) is 0 Å². The molecule has 4 rings (SSSR count). The molecule has 0 aromatic carbocycles. The predicted octanol–water partition coefficient (Wildman–Crippen LogP) is 1.47. The molecule has 0 spiro atoms. The van der Waals surface area contributed by atoms with Crippen LogP contribution >= 0.6 is 0 Å². The van der Waals surface area contributed by atoms with Gasteiger partial charge in [0.15, 0.2) is 0 Å². The summed E-state index contributed by atoms with van der Waals surface area (Å²) in [6.07, 6.45) is 5.07. The Morgan fingerprint density at radius 3 is 2.07 bits per heavy atom. The zero-order valence-corrected chi connectivity index (χ0v) is 8.03. The van der Waals surface area contributed by atoms with Crippen LogP contribution in [0.15, 0.2) is 0 Å². The first kappa shape index (κ1) is 8.45. The van der Waals surface area contributed by atoms with Gasteiger partial charge in [0.1, 0.15) is 0 Å². The maximum Gasteiger partial charge on any atom is 0.372 e. The fourth-order valence-corrected chi connectivity index (χ4v) is 4.32. The zero-order valence-electron chi connectivity index (χ0n) is 8.03. The second kappa shape index (κ2) is 2.38. The van der Waals surface area contributed by atoms with Crippen molar-refractivity contribution >= 4 is 11.8 Å². The van der Waals surface area contributed by atoms with Crippen molar-refractivity contribution in [1.29, 1.82) is 0 Å². The van der Waals surface area contributed by atoms with Gasteiger partial charge in [0.25, 0.3) is 0 Å². The van der Waals surface area contributed by atoms with Crippen LogP contribution in [0.1, 0.15) is 32.1 Å². The van der Waals surface area contributed by atoms with Crippen LogP contribution in [0, 0.1) is 23.2 Å². The van der Waals surface area contributed by atoms with Crippen LogP contribution in [0.3, 0.4) is 0 Å². The first-order chi connectivity index (χ1) is 6.61. The van der Waals surface area contributed by atoms with Crippen molar-refractivity contribution in [2.75, 3.05) is 0 Å². The molecule has 4 aliphatic rings. The number of carbonyl (C=O) groups is 2. The SMILES string of the molecule is O=C(O)C(=O)C12CC3CC(C1)C(C3)C2. The van der Waals surface area contributed by atoms with Gasteiger partial charge in [-0.05, 0) is 49.9 Å². The molecule has 0 aromatic rings. The Hall–Kier alpha value is -0.860. The van der Waals surface area contributed by atoms with Gasteiger partial charge in [-0.1, -0.05) is 0 Å². The van der Waals surface area contributed by atoms with Gasteiger partial charge in [0.2, 0.25) is 5.78 Å². The molecule has 76 valence electrons. The summed E-state index contributed by atoms with van der Waals surface area (Å²) in [6.45, 7) is 0. The molecule has 0 aromatic heterocycles. The highest BCUT2D eigenvalue weighted by atomic mass is 16.4. The molecule has 3 heteroatoms. The van der Waals surface area contributed by atoms with E-state index in [1.54, 1.807) is 0 Å². The van der Waals surface area contributed by atoms with Crippen LogP contribution in [-0.2, 0) is 9.59 Å². The minimum Gasteiger partial charge on any atom is -0.475 e. The van der Waals surface area contributed by atoms with Crippen molar-refractivity contribution in [2.45, 2.75) is 32.1 Å². The van der Waals surface area contributed by atoms with E-state index < -0.39 is 17.2 Å². The second-order valence-electron chi connectivity index (χ2n) is 5.38. The van der Waals surface area contributed by atoms with Crippen LogP contribution in [0.4, 0.5) is 0 Å². The van der Waals surface area contributed by atoms with E-state index in [0.717, 1.165) is 19.3 Å². The Kier molecular flexibility index (Phi) is 1.44. The standard InChI is InChI=1S/C11H14O3/c12-9(10(13)14)11-3-6-1-7(4-11)8(2-6)5-11/h6-8H,1-5H2,(H,13,14). The molecule has 4 saturated carbocycles. The molecule has 4 aliphatic carbocycles. The molecule has 4 bridgehead atoms. The number of rotatable bonds is 2. The van der Waals surface area contributed by atoms with Gasteiger partial charge in [-0.15, -0.1) is 0 Å². The molecular weight excluding hydrogens is 180 g/mol. The number of carbonyl (C=O) groups excluding carboxylic acids is 1. The molecule has 2 atom stereocenters. The summed E-state index contributed by atoms with van der Waals surface area (Å²) in [5.74, 6) is 0.256. The molecule has 2 unspecified atom stereocenters. The Balaban J connectivity index is 1.93. The highest BCUT2D eigenvalue weighted by Gasteiger charge is 2.60. The minimum absolute atomic E-state index is 0.442. The average Bonchev–Trinajstić information content (AvgIpc) is 2.53. The number of carboxylic acids is 1. The van der Waals surface area contributed by atoms with E-state index >= 15 is 0 Å². The maximum absolute atomic E-state index is 11.6. The molecule has 0 saturated heterocycles. The number of Topliss-reactive ketones (excluding diaryl/α,β-unsaturated/α-hetero) is 1. The van der Waals surface area contributed by atoms with E-state index in [-0.39, 0.29) is 0 Å². The Bertz CT molecular complexity index is 301. The number of aliphatic carboxylic acids is 1. The largest absolute Gasteiger partial charge is 0.475 e. The molecule has 1 N–H and O–H groups in total. The number of hydrogen-bond donors (Lipinski definition) is 1. The number of hydrogen-bond acceptors (Lipinski definition) is 2. The van der Waals surface area contributed by atoms with Gasteiger partial charge < -0.3 is 5.11 Å². The first-order valence-electron chi connectivity index (χ1n) is 5.38. The van der Waals surface area contributed by atoms with E-state index in [2.05, 4.69) is 0 Å². The van der Waals surface area contributed by atoms with Crippen molar-refractivity contribution < 1.29 is 14.7 Å². The van der Waals surface area contributed by atoms with Crippen LogP contribution in [0.25, 0.3) is 0 Å². The molecule has 3 nitrogen and oxygen atoms in total. The highest BCUT2D eigenvalue weighted by Crippen LogP contribution is 2.64. The van der Waals surface area contributed by atoms with Crippen molar-refractivity contribution in [3.8, 4) is 0 Å². The molecule has 4 fully saturated rings. The van der Waals surface area contributed by atoms with Crippen molar-refractivity contribution in [2.24, 2.45) is 23.2 Å². The van der Waals surface area contributed by atoms with Crippen LogP contribution in [-0.4, -0.2) is 16.9 Å². The van der Waals surface area contributed by atoms with Crippen molar-refractivity contribution in [1.82, 2.24) is 0 Å². The summed E-state index contributed by atoms with van der Waals surface area (Å²) in [6, 6.07) is 0. The van der Waals surface area contributed by atoms with Gasteiger partial charge >= 0.3 is 5.97 Å². The second-order valence-corrected chi connectivity index (χ2v) is 5.38. The van der Waals surface area contributed by atoms with E-state index in [1.165, 1.54) is 12.8 Å².